The maximum absolute atomic E-state index is 4.60. The molecule has 0 aliphatic heterocycles. The van der Waals surface area contributed by atoms with Gasteiger partial charge in [0.25, 0.3) is 0 Å². The van der Waals surface area contributed by atoms with Gasteiger partial charge >= 0.3 is 0 Å². The van der Waals surface area contributed by atoms with Gasteiger partial charge in [-0.1, -0.05) is 44.4 Å². The molecule has 0 saturated heterocycles. The second-order valence-corrected chi connectivity index (χ2v) is 6.02. The smallest absolute Gasteiger partial charge is 0.0661 e. The Labute approximate surface area is 123 Å². The van der Waals surface area contributed by atoms with Crippen LogP contribution in [0.4, 0.5) is 0 Å². The van der Waals surface area contributed by atoms with E-state index in [9.17, 15) is 0 Å². The molecule has 1 aromatic heterocycles. The van der Waals surface area contributed by atoms with Crippen LogP contribution in [0.15, 0.2) is 43.1 Å². The molecule has 2 rings (SSSR count). The first-order valence-corrected chi connectivity index (χ1v) is 8.05. The molecule has 0 aromatic carbocycles. The molecule has 1 aromatic rings. The first kappa shape index (κ1) is 15.0. The van der Waals surface area contributed by atoms with Gasteiger partial charge in [-0.2, -0.15) is 0 Å². The van der Waals surface area contributed by atoms with E-state index in [4.69, 9.17) is 0 Å². The number of nitrogens with zero attached hydrogens (tertiary/aromatic N) is 1. The van der Waals surface area contributed by atoms with E-state index in [1.54, 1.807) is 0 Å². The molecule has 1 atom stereocenters. The monoisotopic (exact) mass is 269 g/mol. The molecule has 1 fully saturated rings. The summed E-state index contributed by atoms with van der Waals surface area (Å²) < 4.78 is 0. The van der Waals surface area contributed by atoms with Gasteiger partial charge in [0.1, 0.15) is 0 Å². The molecule has 0 radical (unpaired) electrons. The summed E-state index contributed by atoms with van der Waals surface area (Å²) in [7, 11) is 0. The van der Waals surface area contributed by atoms with Gasteiger partial charge < -0.3 is 0 Å². The predicted molar refractivity (Wildman–Crippen MR) is 87.4 cm³/mol. The van der Waals surface area contributed by atoms with Crippen LogP contribution >= 0.6 is 0 Å². The van der Waals surface area contributed by atoms with Crippen LogP contribution in [0, 0.1) is 11.8 Å². The molecule has 0 amide bonds. The average Bonchev–Trinajstić information content (AvgIpc) is 2.52. The van der Waals surface area contributed by atoms with E-state index in [1.165, 1.54) is 49.8 Å². The van der Waals surface area contributed by atoms with Crippen LogP contribution in [-0.2, 0) is 0 Å². The fraction of sp³-hybridized carbons (Fsp3) is 0.526. The first-order chi connectivity index (χ1) is 9.81. The van der Waals surface area contributed by atoms with Gasteiger partial charge in [-0.3, -0.25) is 4.98 Å². The number of pyridine rings is 1. The Bertz CT molecular complexity index is 426. The Morgan fingerprint density at radius 1 is 1.35 bits per heavy atom. The molecule has 20 heavy (non-hydrogen) atoms. The topological polar surface area (TPSA) is 12.9 Å². The highest BCUT2D eigenvalue weighted by Gasteiger charge is 2.20. The Morgan fingerprint density at radius 2 is 2.15 bits per heavy atom. The lowest BCUT2D eigenvalue weighted by atomic mass is 9.81. The van der Waals surface area contributed by atoms with Gasteiger partial charge in [0.05, 0.1) is 5.69 Å². The van der Waals surface area contributed by atoms with E-state index in [-0.39, 0.29) is 0 Å². The molecule has 0 bridgehead atoms. The van der Waals surface area contributed by atoms with E-state index in [2.05, 4.69) is 36.7 Å². The molecule has 1 heteroatoms. The summed E-state index contributed by atoms with van der Waals surface area (Å²) in [6.45, 7) is 6.14. The van der Waals surface area contributed by atoms with Crippen molar-refractivity contribution in [2.24, 2.45) is 11.8 Å². The molecule has 1 aliphatic carbocycles. The largest absolute Gasteiger partial charge is 0.257 e. The Balaban J connectivity index is 2.19. The van der Waals surface area contributed by atoms with Crippen LogP contribution in [-0.4, -0.2) is 4.98 Å². The van der Waals surface area contributed by atoms with E-state index < -0.39 is 0 Å². The first-order valence-electron chi connectivity index (χ1n) is 8.05. The van der Waals surface area contributed by atoms with Gasteiger partial charge in [0.2, 0.25) is 0 Å². The number of rotatable bonds is 6. The number of aromatic nitrogens is 1. The van der Waals surface area contributed by atoms with Crippen LogP contribution in [0.1, 0.15) is 57.6 Å². The van der Waals surface area contributed by atoms with E-state index in [1.807, 2.05) is 18.3 Å². The third-order valence-electron chi connectivity index (χ3n) is 4.30. The molecule has 1 heterocycles. The molecule has 1 nitrogen and oxygen atoms in total. The maximum Gasteiger partial charge on any atom is 0.0661 e. The number of allylic oxidation sites excluding steroid dienone is 3. The molecular formula is C19H27N. The minimum atomic E-state index is 0.604. The van der Waals surface area contributed by atoms with E-state index in [0.717, 1.165) is 6.42 Å². The zero-order valence-corrected chi connectivity index (χ0v) is 12.7. The van der Waals surface area contributed by atoms with Crippen molar-refractivity contribution >= 4 is 5.57 Å². The third kappa shape index (κ3) is 4.33. The molecule has 1 unspecified atom stereocenters. The summed E-state index contributed by atoms with van der Waals surface area (Å²) in [5, 5.41) is 0. The zero-order chi connectivity index (χ0) is 14.2. The third-order valence-corrected chi connectivity index (χ3v) is 4.30. The highest BCUT2D eigenvalue weighted by molar-refractivity contribution is 5.64. The van der Waals surface area contributed by atoms with Gasteiger partial charge in [-0.15, -0.1) is 6.58 Å². The second kappa shape index (κ2) is 8.04. The van der Waals surface area contributed by atoms with Crippen LogP contribution < -0.4 is 0 Å². The van der Waals surface area contributed by atoms with Crippen molar-refractivity contribution in [2.45, 2.75) is 51.9 Å². The minimum Gasteiger partial charge on any atom is -0.257 e. The van der Waals surface area contributed by atoms with Crippen LogP contribution in [0.2, 0.25) is 0 Å². The number of hydrogen-bond acceptors (Lipinski definition) is 1. The Hall–Kier alpha value is -1.37. The van der Waals surface area contributed by atoms with E-state index in [0.29, 0.717) is 11.8 Å². The Kier molecular flexibility index (Phi) is 6.04. The van der Waals surface area contributed by atoms with Gasteiger partial charge in [-0.25, -0.2) is 0 Å². The summed E-state index contributed by atoms with van der Waals surface area (Å²) in [6.07, 6.45) is 15.5. The fourth-order valence-electron chi connectivity index (χ4n) is 3.15. The minimum absolute atomic E-state index is 0.604. The lowest BCUT2D eigenvalue weighted by Crippen LogP contribution is -2.10. The quantitative estimate of drug-likeness (QED) is 0.608. The molecular weight excluding hydrogens is 242 g/mol. The average molecular weight is 269 g/mol. The highest BCUT2D eigenvalue weighted by Crippen LogP contribution is 2.35. The molecule has 0 spiro atoms. The van der Waals surface area contributed by atoms with Crippen LogP contribution in [0.5, 0.6) is 0 Å². The van der Waals surface area contributed by atoms with Crippen molar-refractivity contribution < 1.29 is 0 Å². The Morgan fingerprint density at radius 3 is 2.80 bits per heavy atom. The molecule has 0 N–H and O–H groups in total. The predicted octanol–water partition coefficient (Wildman–Crippen LogP) is 5.65. The summed E-state index contributed by atoms with van der Waals surface area (Å²) in [5.41, 5.74) is 2.67. The summed E-state index contributed by atoms with van der Waals surface area (Å²) in [6, 6.07) is 6.27. The summed E-state index contributed by atoms with van der Waals surface area (Å²) in [4.78, 5) is 4.60. The molecule has 1 saturated carbocycles. The molecule has 108 valence electrons. The van der Waals surface area contributed by atoms with Crippen molar-refractivity contribution in [3.8, 4) is 0 Å². The lowest BCUT2D eigenvalue weighted by Gasteiger charge is -2.25. The molecule has 1 aliphatic rings. The summed E-state index contributed by atoms with van der Waals surface area (Å²) >= 11 is 0. The second-order valence-electron chi connectivity index (χ2n) is 6.02. The van der Waals surface area contributed by atoms with Gasteiger partial charge in [0.15, 0.2) is 0 Å². The van der Waals surface area contributed by atoms with E-state index >= 15 is 0 Å². The van der Waals surface area contributed by atoms with Crippen molar-refractivity contribution in [3.05, 3.63) is 48.8 Å². The highest BCUT2D eigenvalue weighted by atomic mass is 14.7. The normalized spacial score (nSPS) is 18.8. The maximum atomic E-state index is 4.60. The van der Waals surface area contributed by atoms with Gasteiger partial charge in [0, 0.05) is 6.20 Å². The van der Waals surface area contributed by atoms with Crippen molar-refractivity contribution in [2.75, 3.05) is 0 Å². The van der Waals surface area contributed by atoms with Crippen molar-refractivity contribution in [1.29, 1.82) is 0 Å². The standard InChI is InChI=1S/C19H27N/c1-3-4-10-16(2)15-18(17-11-6-5-7-12-17)19-13-8-9-14-20-19/h3,8-9,13-17H,1,4-7,10-12H2,2H3/b18-15-. The van der Waals surface area contributed by atoms with Gasteiger partial charge in [-0.05, 0) is 55.2 Å². The van der Waals surface area contributed by atoms with Crippen molar-refractivity contribution in [3.63, 3.8) is 0 Å². The fourth-order valence-corrected chi connectivity index (χ4v) is 3.15. The van der Waals surface area contributed by atoms with Crippen LogP contribution in [0.25, 0.3) is 5.57 Å². The lowest BCUT2D eigenvalue weighted by molar-refractivity contribution is 0.427. The summed E-state index contributed by atoms with van der Waals surface area (Å²) in [5.74, 6) is 1.32. The van der Waals surface area contributed by atoms with Crippen molar-refractivity contribution in [1.82, 2.24) is 4.98 Å². The number of hydrogen-bond donors (Lipinski definition) is 0. The van der Waals surface area contributed by atoms with Crippen LogP contribution in [0.3, 0.4) is 0 Å². The zero-order valence-electron chi connectivity index (χ0n) is 12.7. The SMILES string of the molecule is C=CCCC(C)/C=C(\c1ccccn1)C1CCCCC1.